The molecular weight excluding hydrogens is 632 g/mol. The molecule has 49 heavy (non-hydrogen) atoms. The monoisotopic (exact) mass is 678 g/mol. The van der Waals surface area contributed by atoms with Crippen molar-refractivity contribution in [2.45, 2.75) is 60.9 Å². The fraction of sp³-hybridized carbons (Fsp3) is 0.432. The molecule has 0 spiro atoms. The fourth-order valence-corrected chi connectivity index (χ4v) is 5.96. The van der Waals surface area contributed by atoms with Gasteiger partial charge in [-0.05, 0) is 69.0 Å². The molecule has 1 atom stereocenters. The van der Waals surface area contributed by atoms with E-state index in [1.165, 1.54) is 11.1 Å². The first-order valence-electron chi connectivity index (χ1n) is 16.1. The molecule has 2 aliphatic heterocycles. The van der Waals surface area contributed by atoms with Crippen LogP contribution < -0.4 is 33.8 Å². The van der Waals surface area contributed by atoms with Crippen molar-refractivity contribution in [1.82, 2.24) is 10.4 Å². The molecule has 0 saturated heterocycles. The van der Waals surface area contributed by atoms with Gasteiger partial charge in [0.05, 0.1) is 25.8 Å². The Hall–Kier alpha value is -5.13. The molecule has 3 aromatic carbocycles. The Morgan fingerprint density at radius 3 is 1.71 bits per heavy atom. The quantitative estimate of drug-likeness (QED) is 0.279. The Morgan fingerprint density at radius 2 is 1.27 bits per heavy atom. The van der Waals surface area contributed by atoms with Crippen molar-refractivity contribution < 1.29 is 47.9 Å². The molecule has 3 aromatic rings. The zero-order chi connectivity index (χ0) is 36.0. The number of rotatable bonds is 7. The normalized spacial score (nSPS) is 13.7. The van der Waals surface area contributed by atoms with E-state index in [1.54, 1.807) is 51.5 Å². The highest BCUT2D eigenvalue weighted by Gasteiger charge is 2.35. The third-order valence-corrected chi connectivity index (χ3v) is 8.53. The van der Waals surface area contributed by atoms with E-state index in [4.69, 9.17) is 33.5 Å². The maximum Gasteiger partial charge on any atom is 0.336 e. The summed E-state index contributed by atoms with van der Waals surface area (Å²) in [4.78, 5) is 38.2. The molecule has 0 fully saturated rings. The number of carboxylic acids is 1. The zero-order valence-corrected chi connectivity index (χ0v) is 29.6. The van der Waals surface area contributed by atoms with Gasteiger partial charge in [0, 0.05) is 27.8 Å². The molecule has 1 unspecified atom stereocenters. The molecule has 2 heterocycles. The number of nitrogens with one attached hydrogen (secondary N) is 1. The third-order valence-electron chi connectivity index (χ3n) is 8.53. The zero-order valence-electron chi connectivity index (χ0n) is 29.6. The molecule has 12 nitrogen and oxygen atoms in total. The van der Waals surface area contributed by atoms with Crippen molar-refractivity contribution in [3.63, 3.8) is 0 Å². The lowest BCUT2D eigenvalue weighted by molar-refractivity contribution is 0.0284. The standard InChI is InChI=1S/C27H36N2O6.C10H10O4/c1-9-23(27(4,5)6)29(26(31)18-14-21(32-7)17(3)22(15-18)33-8)28-25(30)19-10-11-20-24(16(19)2)35-13-12-34-20;1-6-7(10(11)12)2-3-8-9(6)14-5-4-13-8/h10-11,14-15,23H,9,12-13H2,1-8H3,(H,28,30);2-3H,4-5H2,1H3,(H,11,12). The van der Waals surface area contributed by atoms with E-state index in [2.05, 4.69) is 5.43 Å². The van der Waals surface area contributed by atoms with E-state index in [9.17, 15) is 14.4 Å². The van der Waals surface area contributed by atoms with Crippen molar-refractivity contribution in [2.24, 2.45) is 5.41 Å². The molecule has 2 N–H and O–H groups in total. The van der Waals surface area contributed by atoms with Crippen LogP contribution in [0.25, 0.3) is 0 Å². The van der Waals surface area contributed by atoms with Gasteiger partial charge in [-0.25, -0.2) is 9.80 Å². The molecule has 0 bridgehead atoms. The van der Waals surface area contributed by atoms with Crippen LogP contribution in [0.3, 0.4) is 0 Å². The number of carbonyl (C=O) groups excluding carboxylic acids is 2. The number of carbonyl (C=O) groups is 3. The van der Waals surface area contributed by atoms with Crippen molar-refractivity contribution in [3.05, 3.63) is 69.8 Å². The summed E-state index contributed by atoms with van der Waals surface area (Å²) in [5.41, 5.74) is 5.68. The summed E-state index contributed by atoms with van der Waals surface area (Å²) in [5.74, 6) is 1.70. The second kappa shape index (κ2) is 15.4. The van der Waals surface area contributed by atoms with Crippen LogP contribution in [0.5, 0.6) is 34.5 Å². The number of methoxy groups -OCH3 is 2. The minimum absolute atomic E-state index is 0.259. The summed E-state index contributed by atoms with van der Waals surface area (Å²) >= 11 is 0. The summed E-state index contributed by atoms with van der Waals surface area (Å²) < 4.78 is 33.0. The van der Waals surface area contributed by atoms with E-state index in [-0.39, 0.29) is 22.9 Å². The van der Waals surface area contributed by atoms with Crippen LogP contribution in [0.1, 0.15) is 81.9 Å². The van der Waals surface area contributed by atoms with Gasteiger partial charge in [-0.15, -0.1) is 0 Å². The maximum atomic E-state index is 13.9. The van der Waals surface area contributed by atoms with Gasteiger partial charge in [-0.1, -0.05) is 27.7 Å². The van der Waals surface area contributed by atoms with Gasteiger partial charge in [0.25, 0.3) is 11.8 Å². The van der Waals surface area contributed by atoms with E-state index in [1.807, 2.05) is 41.5 Å². The minimum atomic E-state index is -0.945. The van der Waals surface area contributed by atoms with Crippen LogP contribution in [0.4, 0.5) is 0 Å². The smallest absolute Gasteiger partial charge is 0.336 e. The molecule has 0 aliphatic carbocycles. The number of hydrogen-bond acceptors (Lipinski definition) is 9. The summed E-state index contributed by atoms with van der Waals surface area (Å²) in [5, 5.41) is 10.3. The van der Waals surface area contributed by atoms with Crippen molar-refractivity contribution in [2.75, 3.05) is 40.6 Å². The van der Waals surface area contributed by atoms with Crippen molar-refractivity contribution in [3.8, 4) is 34.5 Å². The number of benzene rings is 3. The number of hydrazine groups is 1. The lowest BCUT2D eigenvalue weighted by Crippen LogP contribution is -2.56. The first-order valence-corrected chi connectivity index (χ1v) is 16.1. The largest absolute Gasteiger partial charge is 0.496 e. The molecular formula is C37H46N2O10. The minimum Gasteiger partial charge on any atom is -0.496 e. The highest BCUT2D eigenvalue weighted by atomic mass is 16.6. The molecule has 0 aromatic heterocycles. The van der Waals surface area contributed by atoms with Gasteiger partial charge in [-0.2, -0.15) is 0 Å². The van der Waals surface area contributed by atoms with Crippen molar-refractivity contribution in [1.29, 1.82) is 0 Å². The second-order valence-electron chi connectivity index (χ2n) is 12.7. The molecule has 12 heteroatoms. The molecule has 0 saturated carbocycles. The number of carboxylic acid groups (broad SMARTS) is 1. The molecule has 264 valence electrons. The number of fused-ring (bicyclic) bond motifs is 2. The maximum absolute atomic E-state index is 13.9. The predicted molar refractivity (Wildman–Crippen MR) is 183 cm³/mol. The summed E-state index contributed by atoms with van der Waals surface area (Å²) in [7, 11) is 3.09. The number of nitrogens with zero attached hydrogens (tertiary/aromatic N) is 1. The SMILES string of the molecule is CCC(N(NC(=O)c1ccc2c(c1C)OCCO2)C(=O)c1cc(OC)c(C)c(OC)c1)C(C)(C)C.Cc1c(C(=O)O)ccc2c1OCCO2. The summed E-state index contributed by atoms with van der Waals surface area (Å²) in [6, 6.07) is 9.63. The van der Waals surface area contributed by atoms with Gasteiger partial charge in [0.15, 0.2) is 23.0 Å². The number of amides is 2. The topological polar surface area (TPSA) is 142 Å². The predicted octanol–water partition coefficient (Wildman–Crippen LogP) is 6.17. The average molecular weight is 679 g/mol. The van der Waals surface area contributed by atoms with Crippen LogP contribution in [-0.2, 0) is 0 Å². The highest BCUT2D eigenvalue weighted by Crippen LogP contribution is 2.37. The fourth-order valence-electron chi connectivity index (χ4n) is 5.96. The van der Waals surface area contributed by atoms with Crippen molar-refractivity contribution >= 4 is 17.8 Å². The van der Waals surface area contributed by atoms with Gasteiger partial charge < -0.3 is 33.5 Å². The van der Waals surface area contributed by atoms with Crippen LogP contribution in [0.2, 0.25) is 0 Å². The molecule has 0 radical (unpaired) electrons. The van der Waals surface area contributed by atoms with Crippen LogP contribution >= 0.6 is 0 Å². The number of aromatic carboxylic acids is 1. The Balaban J connectivity index is 0.000000319. The summed E-state index contributed by atoms with van der Waals surface area (Å²) in [6.07, 6.45) is 0.635. The number of ether oxygens (including phenoxy) is 6. The first-order chi connectivity index (χ1) is 23.2. The lowest BCUT2D eigenvalue weighted by atomic mass is 9.84. The Bertz CT molecular complexity index is 1690. The van der Waals surface area contributed by atoms with E-state index in [0.717, 1.165) is 5.56 Å². The van der Waals surface area contributed by atoms with Gasteiger partial charge in [0.1, 0.15) is 37.9 Å². The Morgan fingerprint density at radius 1 is 0.796 bits per heavy atom. The lowest BCUT2D eigenvalue weighted by Gasteiger charge is -2.39. The van der Waals surface area contributed by atoms with Gasteiger partial charge >= 0.3 is 5.97 Å². The van der Waals surface area contributed by atoms with Crippen LogP contribution in [0.15, 0.2) is 36.4 Å². The van der Waals surface area contributed by atoms with E-state index in [0.29, 0.717) is 89.6 Å². The highest BCUT2D eigenvalue weighted by molar-refractivity contribution is 6.01. The molecule has 2 aliphatic rings. The number of hydrogen-bond donors (Lipinski definition) is 2. The Labute approximate surface area is 287 Å². The Kier molecular flexibility index (Phi) is 11.5. The van der Waals surface area contributed by atoms with Gasteiger partial charge in [-0.3, -0.25) is 15.0 Å². The van der Waals surface area contributed by atoms with Crippen LogP contribution in [-0.4, -0.2) is 74.6 Å². The van der Waals surface area contributed by atoms with E-state index >= 15 is 0 Å². The van der Waals surface area contributed by atoms with E-state index < -0.39 is 11.9 Å². The van der Waals surface area contributed by atoms with Gasteiger partial charge in [0.2, 0.25) is 0 Å². The molecule has 2 amide bonds. The molecule has 5 rings (SSSR count). The first kappa shape index (κ1) is 36.7. The van der Waals surface area contributed by atoms with Crippen LogP contribution in [0, 0.1) is 26.2 Å². The summed E-state index contributed by atoms with van der Waals surface area (Å²) in [6.45, 7) is 15.4. The average Bonchev–Trinajstić information content (AvgIpc) is 3.08. The third kappa shape index (κ3) is 7.96. The second-order valence-corrected chi connectivity index (χ2v) is 12.7.